The predicted molar refractivity (Wildman–Crippen MR) is 111 cm³/mol. The van der Waals surface area contributed by atoms with Crippen molar-refractivity contribution in [3.05, 3.63) is 12.7 Å². The first-order chi connectivity index (χ1) is 14.3. The number of carbonyl (C=O) groups excluding carboxylic acids is 1. The van der Waals surface area contributed by atoms with Gasteiger partial charge in [0.25, 0.3) is 10.1 Å². The van der Waals surface area contributed by atoms with Crippen molar-refractivity contribution in [2.24, 2.45) is 11.3 Å². The number of hydrogen-bond donors (Lipinski definition) is 2. The van der Waals surface area contributed by atoms with E-state index in [0.29, 0.717) is 12.2 Å². The summed E-state index contributed by atoms with van der Waals surface area (Å²) in [5.41, 5.74) is -0.271. The largest absolute Gasteiger partial charge is 0.323 e. The van der Waals surface area contributed by atoms with Crippen LogP contribution in [0.15, 0.2) is 12.7 Å². The van der Waals surface area contributed by atoms with E-state index in [4.69, 9.17) is 9.81 Å². The van der Waals surface area contributed by atoms with Crippen LogP contribution in [-0.2, 0) is 21.5 Å². The summed E-state index contributed by atoms with van der Waals surface area (Å²) in [5.74, 6) is 0.208. The lowest BCUT2D eigenvalue weighted by Gasteiger charge is -2.42. The Bertz CT molecular complexity index is 893. The van der Waals surface area contributed by atoms with Crippen LogP contribution < -0.4 is 5.32 Å². The molecule has 0 unspecified atom stereocenters. The van der Waals surface area contributed by atoms with Gasteiger partial charge in [-0.2, -0.15) is 18.8 Å². The van der Waals surface area contributed by atoms with Crippen LogP contribution in [0.3, 0.4) is 0 Å². The summed E-state index contributed by atoms with van der Waals surface area (Å²) in [4.78, 5) is 17.9. The number of halogens is 1. The molecule has 1 saturated carbocycles. The lowest BCUT2D eigenvalue weighted by molar-refractivity contribution is -0.131. The number of carbonyl (C=O) groups is 1. The van der Waals surface area contributed by atoms with Gasteiger partial charge in [0, 0.05) is 18.5 Å². The van der Waals surface area contributed by atoms with Crippen LogP contribution >= 0.6 is 0 Å². The number of nitrogens with one attached hydrogen (secondary N) is 1. The molecule has 1 saturated heterocycles. The van der Waals surface area contributed by atoms with Crippen molar-refractivity contribution in [2.45, 2.75) is 64.3 Å². The summed E-state index contributed by atoms with van der Waals surface area (Å²) >= 11 is 0. The first kappa shape index (κ1) is 25.2. The Hall–Kier alpha value is -2.10. The molecule has 3 rings (SSSR count). The van der Waals surface area contributed by atoms with E-state index in [0.717, 1.165) is 19.4 Å². The quantitative estimate of drug-likeness (QED) is 0.623. The SMILES string of the molecule is CC1(C)[C@H](Cn2cncn2)CC[C@]1(C)NCC(=O)N1C[C@H](F)C[C@H]1C#N.CS(=O)(=O)O. The van der Waals surface area contributed by atoms with Crippen molar-refractivity contribution in [3.63, 3.8) is 0 Å². The fourth-order valence-corrected chi connectivity index (χ4v) is 4.34. The first-order valence-electron chi connectivity index (χ1n) is 10.1. The molecule has 2 aliphatic rings. The summed E-state index contributed by atoms with van der Waals surface area (Å²) in [6.45, 7) is 7.51. The maximum atomic E-state index is 13.6. The molecule has 4 atom stereocenters. The summed E-state index contributed by atoms with van der Waals surface area (Å²) in [7, 11) is -3.67. The number of likely N-dealkylation sites (tertiary alicyclic amines) is 1. The molecule has 0 bridgehead atoms. The smallest absolute Gasteiger partial charge is 0.261 e. The molecular formula is C19H31FN6O4S. The van der Waals surface area contributed by atoms with Crippen molar-refractivity contribution in [1.29, 1.82) is 5.26 Å². The molecule has 1 aromatic heterocycles. The zero-order valence-corrected chi connectivity index (χ0v) is 19.1. The highest BCUT2D eigenvalue weighted by atomic mass is 32.2. The van der Waals surface area contributed by atoms with Crippen LogP contribution in [0.2, 0.25) is 0 Å². The molecule has 10 nitrogen and oxygen atoms in total. The number of nitrogens with zero attached hydrogens (tertiary/aromatic N) is 5. The van der Waals surface area contributed by atoms with E-state index in [1.165, 1.54) is 11.2 Å². The molecule has 12 heteroatoms. The maximum absolute atomic E-state index is 13.6. The molecule has 2 heterocycles. The molecule has 31 heavy (non-hydrogen) atoms. The Labute approximate surface area is 182 Å². The highest BCUT2D eigenvalue weighted by Gasteiger charge is 2.51. The fraction of sp³-hybridized carbons (Fsp3) is 0.789. The second-order valence-electron chi connectivity index (χ2n) is 9.02. The summed E-state index contributed by atoms with van der Waals surface area (Å²) in [6.07, 6.45) is 4.97. The van der Waals surface area contributed by atoms with Crippen molar-refractivity contribution in [2.75, 3.05) is 19.3 Å². The van der Waals surface area contributed by atoms with Gasteiger partial charge in [0.2, 0.25) is 5.91 Å². The zero-order chi connectivity index (χ0) is 23.4. The fourth-order valence-electron chi connectivity index (χ4n) is 4.34. The second kappa shape index (κ2) is 9.58. The van der Waals surface area contributed by atoms with E-state index in [2.05, 4.69) is 36.2 Å². The summed E-state index contributed by atoms with van der Waals surface area (Å²) in [6, 6.07) is 1.38. The van der Waals surface area contributed by atoms with Crippen molar-refractivity contribution < 1.29 is 22.2 Å². The third-order valence-corrected chi connectivity index (χ3v) is 6.66. The number of rotatable bonds is 5. The number of hydrogen-bond acceptors (Lipinski definition) is 7. The molecule has 2 N–H and O–H groups in total. The number of aromatic nitrogens is 3. The molecule has 1 aliphatic carbocycles. The standard InChI is InChI=1S/C18H27FN6O.CH4O3S/c1-17(2)13(9-24-12-21-11-23-24)4-5-18(17,3)22-8-16(26)25-10-14(19)6-15(25)7-20;1-5(2,3)4/h11-15,22H,4-6,8-10H2,1-3H3;1H3,(H,2,3,4)/t13-,14+,15-,18-;/m0./s1. The topological polar surface area (TPSA) is 141 Å². The van der Waals surface area contributed by atoms with Gasteiger partial charge in [-0.15, -0.1) is 0 Å². The molecule has 1 aliphatic heterocycles. The van der Waals surface area contributed by atoms with Gasteiger partial charge in [-0.25, -0.2) is 9.37 Å². The Balaban J connectivity index is 0.000000614. The molecule has 174 valence electrons. The van der Waals surface area contributed by atoms with E-state index in [9.17, 15) is 17.6 Å². The minimum atomic E-state index is -3.67. The van der Waals surface area contributed by atoms with Gasteiger partial charge in [0.15, 0.2) is 0 Å². The van der Waals surface area contributed by atoms with Crippen molar-refractivity contribution in [1.82, 2.24) is 25.0 Å². The van der Waals surface area contributed by atoms with Crippen molar-refractivity contribution >= 4 is 16.0 Å². The number of nitriles is 1. The summed E-state index contributed by atoms with van der Waals surface area (Å²) < 4.78 is 41.3. The Morgan fingerprint density at radius 1 is 1.42 bits per heavy atom. The van der Waals surface area contributed by atoms with Crippen LogP contribution in [0.5, 0.6) is 0 Å². The molecular weight excluding hydrogens is 427 g/mol. The Morgan fingerprint density at radius 3 is 2.61 bits per heavy atom. The minimum Gasteiger partial charge on any atom is -0.323 e. The third-order valence-electron chi connectivity index (χ3n) is 6.66. The van der Waals surface area contributed by atoms with Crippen LogP contribution in [0.4, 0.5) is 4.39 Å². The predicted octanol–water partition coefficient (Wildman–Crippen LogP) is 1.03. The Morgan fingerprint density at radius 2 is 2.06 bits per heavy atom. The lowest BCUT2D eigenvalue weighted by atomic mass is 9.71. The van der Waals surface area contributed by atoms with Gasteiger partial charge in [0.1, 0.15) is 24.9 Å². The van der Waals surface area contributed by atoms with Gasteiger partial charge in [-0.3, -0.25) is 14.0 Å². The third kappa shape index (κ3) is 6.44. The highest BCUT2D eigenvalue weighted by Crippen LogP contribution is 2.50. The van der Waals surface area contributed by atoms with Crippen LogP contribution in [0.1, 0.15) is 40.0 Å². The normalized spacial score (nSPS) is 29.8. The van der Waals surface area contributed by atoms with E-state index >= 15 is 0 Å². The van der Waals surface area contributed by atoms with Gasteiger partial charge < -0.3 is 10.2 Å². The summed E-state index contributed by atoms with van der Waals surface area (Å²) in [5, 5.41) is 16.8. The van der Waals surface area contributed by atoms with Gasteiger partial charge in [-0.1, -0.05) is 13.8 Å². The maximum Gasteiger partial charge on any atom is 0.261 e. The van der Waals surface area contributed by atoms with E-state index < -0.39 is 22.3 Å². The molecule has 0 aromatic carbocycles. The molecule has 1 aromatic rings. The van der Waals surface area contributed by atoms with E-state index in [1.807, 2.05) is 10.8 Å². The molecule has 0 radical (unpaired) electrons. The minimum absolute atomic E-state index is 0.0216. The lowest BCUT2D eigenvalue weighted by Crippen LogP contribution is -2.55. The number of alkyl halides is 1. The average Bonchev–Trinajstić information content (AvgIpc) is 3.34. The first-order valence-corrected chi connectivity index (χ1v) is 11.9. The van der Waals surface area contributed by atoms with Crippen LogP contribution in [0, 0.1) is 22.7 Å². The second-order valence-corrected chi connectivity index (χ2v) is 10.5. The molecule has 0 spiro atoms. The van der Waals surface area contributed by atoms with E-state index in [1.54, 1.807) is 6.33 Å². The van der Waals surface area contributed by atoms with Gasteiger partial charge in [0.05, 0.1) is 25.4 Å². The average molecular weight is 459 g/mol. The van der Waals surface area contributed by atoms with Crippen LogP contribution in [-0.4, -0.2) is 75.6 Å². The van der Waals surface area contributed by atoms with Gasteiger partial charge in [-0.05, 0) is 31.1 Å². The number of amides is 1. The Kier molecular flexibility index (Phi) is 7.78. The van der Waals surface area contributed by atoms with E-state index in [-0.39, 0.29) is 36.4 Å². The molecule has 2 fully saturated rings. The zero-order valence-electron chi connectivity index (χ0n) is 18.3. The van der Waals surface area contributed by atoms with Gasteiger partial charge >= 0.3 is 0 Å². The monoisotopic (exact) mass is 458 g/mol. The van der Waals surface area contributed by atoms with Crippen molar-refractivity contribution in [3.8, 4) is 6.07 Å². The highest BCUT2D eigenvalue weighted by molar-refractivity contribution is 7.85. The van der Waals surface area contributed by atoms with Crippen LogP contribution in [0.25, 0.3) is 0 Å². The molecule has 1 amide bonds.